The molecule has 1 unspecified atom stereocenters. The molecule has 1 aliphatic rings. The monoisotopic (exact) mass is 127 g/mol. The van der Waals surface area contributed by atoms with Crippen LogP contribution in [-0.4, -0.2) is 12.1 Å². The predicted molar refractivity (Wildman–Crippen MR) is 32.4 cm³/mol. The minimum absolute atomic E-state index is 0.506. The van der Waals surface area contributed by atoms with Gasteiger partial charge in [-0.2, -0.15) is 5.11 Å². The number of rotatable bonds is 1. The number of hydrogen-bond donors (Lipinski definition) is 2. The Kier molecular flexibility index (Phi) is 1.71. The number of hydrazine groups is 1. The van der Waals surface area contributed by atoms with Crippen molar-refractivity contribution >= 4 is 5.84 Å². The van der Waals surface area contributed by atoms with E-state index < -0.39 is 6.29 Å². The molecule has 0 saturated heterocycles. The second-order valence-electron chi connectivity index (χ2n) is 1.52. The Hall–Kier alpha value is -1.01. The van der Waals surface area contributed by atoms with E-state index in [1.165, 1.54) is 0 Å². The van der Waals surface area contributed by atoms with E-state index in [4.69, 9.17) is 5.84 Å². The van der Waals surface area contributed by atoms with Gasteiger partial charge in [0.2, 0.25) is 0 Å². The van der Waals surface area contributed by atoms with Gasteiger partial charge in [0.25, 0.3) is 0 Å². The average Bonchev–Trinajstić information content (AvgIpc) is 1.90. The maximum Gasteiger partial charge on any atom is 0.128 e. The summed E-state index contributed by atoms with van der Waals surface area (Å²) in [4.78, 5) is 0. The fourth-order valence-electron chi connectivity index (χ4n) is 0.386. The minimum atomic E-state index is -0.506. The van der Waals surface area contributed by atoms with E-state index in [0.29, 0.717) is 5.84 Å². The summed E-state index contributed by atoms with van der Waals surface area (Å²) < 4.78 is 0. The van der Waals surface area contributed by atoms with Crippen LogP contribution >= 0.6 is 0 Å². The Morgan fingerprint density at radius 2 is 2.56 bits per heavy atom. The van der Waals surface area contributed by atoms with Crippen LogP contribution in [0, 0.1) is 0 Å². The Balaban J connectivity index is 2.48. The van der Waals surface area contributed by atoms with E-state index in [2.05, 4.69) is 26.2 Å². The van der Waals surface area contributed by atoms with Gasteiger partial charge in [0, 0.05) is 0 Å². The summed E-state index contributed by atoms with van der Waals surface area (Å²) in [7, 11) is 0. The lowest BCUT2D eigenvalue weighted by molar-refractivity contribution is 0.584. The summed E-state index contributed by atoms with van der Waals surface area (Å²) in [6, 6.07) is 0. The van der Waals surface area contributed by atoms with E-state index in [0.717, 1.165) is 0 Å². The fourth-order valence-corrected chi connectivity index (χ4v) is 0.386. The normalized spacial score (nSPS) is 25.1. The van der Waals surface area contributed by atoms with Crippen LogP contribution in [0.1, 0.15) is 6.92 Å². The molecule has 0 spiro atoms. The summed E-state index contributed by atoms with van der Waals surface area (Å²) in [6.07, 6.45) is -0.506. The summed E-state index contributed by atoms with van der Waals surface area (Å²) in [5.41, 5.74) is 5.91. The Bertz CT molecular complexity index is 148. The summed E-state index contributed by atoms with van der Waals surface area (Å²) in [6.45, 7) is 1.71. The molecule has 0 saturated carbocycles. The van der Waals surface area contributed by atoms with Crippen molar-refractivity contribution in [1.82, 2.24) is 5.43 Å². The zero-order valence-electron chi connectivity index (χ0n) is 4.94. The van der Waals surface area contributed by atoms with Crippen molar-refractivity contribution in [1.29, 1.82) is 0 Å². The maximum absolute atomic E-state index is 4.98. The standard InChI is InChI=1S/C3H7N6/c1-2-6-8-3(5-4)9-7-2/h3,5H,4H2,1H3/q-1. The minimum Gasteiger partial charge on any atom is -0.565 e. The number of amidine groups is 1. The second kappa shape index (κ2) is 2.51. The molecular weight excluding hydrogens is 120 g/mol. The molecule has 3 N–H and O–H groups in total. The smallest absolute Gasteiger partial charge is 0.128 e. The second-order valence-corrected chi connectivity index (χ2v) is 1.52. The highest BCUT2D eigenvalue weighted by atomic mass is 15.5. The summed E-state index contributed by atoms with van der Waals surface area (Å²) >= 11 is 0. The molecule has 0 bridgehead atoms. The van der Waals surface area contributed by atoms with E-state index in [-0.39, 0.29) is 0 Å². The van der Waals surface area contributed by atoms with Crippen molar-refractivity contribution in [2.75, 3.05) is 0 Å². The van der Waals surface area contributed by atoms with Gasteiger partial charge in [0.05, 0.1) is 6.29 Å². The van der Waals surface area contributed by atoms with Crippen molar-refractivity contribution in [3.05, 3.63) is 5.43 Å². The van der Waals surface area contributed by atoms with Crippen LogP contribution in [0.15, 0.2) is 15.3 Å². The first kappa shape index (κ1) is 6.12. The Morgan fingerprint density at radius 1 is 1.78 bits per heavy atom. The highest BCUT2D eigenvalue weighted by molar-refractivity contribution is 5.80. The van der Waals surface area contributed by atoms with Gasteiger partial charge in [-0.1, -0.05) is 0 Å². The van der Waals surface area contributed by atoms with Crippen LogP contribution in [0.4, 0.5) is 0 Å². The first-order valence-electron chi connectivity index (χ1n) is 2.44. The lowest BCUT2D eigenvalue weighted by Crippen LogP contribution is -2.33. The fraction of sp³-hybridized carbons (Fsp3) is 0.667. The molecule has 1 aliphatic heterocycles. The molecule has 0 radical (unpaired) electrons. The van der Waals surface area contributed by atoms with Crippen molar-refractivity contribution in [2.24, 2.45) is 21.2 Å². The summed E-state index contributed by atoms with van der Waals surface area (Å²) in [5.74, 6) is 5.52. The van der Waals surface area contributed by atoms with Crippen molar-refractivity contribution in [3.8, 4) is 0 Å². The van der Waals surface area contributed by atoms with Gasteiger partial charge < -0.3 is 10.5 Å². The third kappa shape index (κ3) is 1.44. The molecule has 6 heteroatoms. The van der Waals surface area contributed by atoms with Crippen molar-refractivity contribution < 1.29 is 0 Å². The highest BCUT2D eigenvalue weighted by Crippen LogP contribution is 2.05. The molecule has 1 rings (SSSR count). The largest absolute Gasteiger partial charge is 0.565 e. The highest BCUT2D eigenvalue weighted by Gasteiger charge is 1.93. The molecule has 9 heavy (non-hydrogen) atoms. The number of hydrogen-bond acceptors (Lipinski definition) is 5. The first-order chi connectivity index (χ1) is 4.33. The number of nitrogens with zero attached hydrogens (tertiary/aromatic N) is 4. The molecule has 0 aromatic carbocycles. The molecule has 0 amide bonds. The molecular formula is C3H7N6-. The lowest BCUT2D eigenvalue weighted by atomic mass is 10.7. The van der Waals surface area contributed by atoms with Gasteiger partial charge >= 0.3 is 0 Å². The van der Waals surface area contributed by atoms with Crippen LogP contribution < -0.4 is 11.3 Å². The van der Waals surface area contributed by atoms with E-state index >= 15 is 0 Å². The van der Waals surface area contributed by atoms with Crippen molar-refractivity contribution in [2.45, 2.75) is 13.2 Å². The molecule has 0 aliphatic carbocycles. The van der Waals surface area contributed by atoms with Gasteiger partial charge in [-0.05, 0) is 6.92 Å². The number of nitrogens with two attached hydrogens (primary N) is 1. The van der Waals surface area contributed by atoms with E-state index in [9.17, 15) is 0 Å². The molecule has 50 valence electrons. The topological polar surface area (TPSA) is 89.2 Å². The van der Waals surface area contributed by atoms with Crippen LogP contribution in [0.2, 0.25) is 0 Å². The van der Waals surface area contributed by atoms with Crippen LogP contribution in [0.25, 0.3) is 5.43 Å². The van der Waals surface area contributed by atoms with Crippen molar-refractivity contribution in [3.63, 3.8) is 0 Å². The first-order valence-corrected chi connectivity index (χ1v) is 2.44. The van der Waals surface area contributed by atoms with E-state index in [1.54, 1.807) is 6.92 Å². The Morgan fingerprint density at radius 3 is 3.00 bits per heavy atom. The molecule has 0 aromatic heterocycles. The molecule has 1 heterocycles. The summed E-state index contributed by atoms with van der Waals surface area (Å²) in [5, 5.41) is 10.9. The Labute approximate surface area is 52.2 Å². The average molecular weight is 127 g/mol. The van der Waals surface area contributed by atoms with Gasteiger partial charge in [-0.25, -0.2) is 0 Å². The third-order valence-electron chi connectivity index (χ3n) is 0.773. The predicted octanol–water partition coefficient (Wildman–Crippen LogP) is -0.0938. The van der Waals surface area contributed by atoms with Gasteiger partial charge in [-0.15, -0.1) is 5.11 Å². The van der Waals surface area contributed by atoms with Crippen LogP contribution in [-0.2, 0) is 0 Å². The lowest BCUT2D eigenvalue weighted by Gasteiger charge is -2.25. The molecule has 0 aromatic rings. The van der Waals surface area contributed by atoms with Gasteiger partial charge in [0.1, 0.15) is 5.84 Å². The molecule has 6 nitrogen and oxygen atoms in total. The van der Waals surface area contributed by atoms with Crippen LogP contribution in [0.3, 0.4) is 0 Å². The SMILES string of the molecule is CC1=N[N-]C(NN)N=N1. The van der Waals surface area contributed by atoms with Gasteiger partial charge in [0.15, 0.2) is 0 Å². The van der Waals surface area contributed by atoms with Gasteiger partial charge in [-0.3, -0.25) is 11.3 Å². The quantitative estimate of drug-likeness (QED) is 0.380. The number of azo groups is 1. The number of nitrogens with one attached hydrogen (secondary N) is 1. The zero-order chi connectivity index (χ0) is 6.69. The maximum atomic E-state index is 4.98. The van der Waals surface area contributed by atoms with Crippen LogP contribution in [0.5, 0.6) is 0 Å². The zero-order valence-corrected chi connectivity index (χ0v) is 4.94. The molecule has 0 fully saturated rings. The van der Waals surface area contributed by atoms with E-state index in [1.807, 2.05) is 0 Å². The molecule has 1 atom stereocenters. The third-order valence-corrected chi connectivity index (χ3v) is 0.773.